The molecule has 0 N–H and O–H groups in total. The van der Waals surface area contributed by atoms with Crippen LogP contribution in [0.2, 0.25) is 0 Å². The highest BCUT2D eigenvalue weighted by Gasteiger charge is 2.32. The molecule has 0 unspecified atom stereocenters. The molecule has 0 aliphatic carbocycles. The molecular formula is C17H29N4O2+. The van der Waals surface area contributed by atoms with Gasteiger partial charge in [0.1, 0.15) is 12.4 Å². The highest BCUT2D eigenvalue weighted by atomic mass is 16.2. The third-order valence-corrected chi connectivity index (χ3v) is 4.33. The number of imidazole rings is 1. The number of carbonyl (C=O) groups excluding carboxylic acids is 2. The third kappa shape index (κ3) is 4.33. The first-order valence-electron chi connectivity index (χ1n) is 8.68. The molecule has 2 rings (SSSR count). The third-order valence-electron chi connectivity index (χ3n) is 4.33. The average Bonchev–Trinajstić information content (AvgIpc) is 3.00. The van der Waals surface area contributed by atoms with Crippen LogP contribution in [0.25, 0.3) is 0 Å². The monoisotopic (exact) mass is 321 g/mol. The van der Waals surface area contributed by atoms with Crippen LogP contribution in [0.4, 0.5) is 4.79 Å². The Balaban J connectivity index is 2.02. The van der Waals surface area contributed by atoms with Gasteiger partial charge in [0.15, 0.2) is 0 Å². The van der Waals surface area contributed by atoms with E-state index in [1.807, 2.05) is 27.6 Å². The number of aromatic nitrogens is 2. The molecule has 0 spiro atoms. The van der Waals surface area contributed by atoms with Crippen molar-refractivity contribution in [1.82, 2.24) is 14.4 Å². The molecule has 1 aliphatic rings. The Bertz CT molecular complexity index is 534. The van der Waals surface area contributed by atoms with Gasteiger partial charge >= 0.3 is 6.03 Å². The van der Waals surface area contributed by atoms with Crippen LogP contribution in [0.5, 0.6) is 0 Å². The number of carbonyl (C=O) groups is 2. The Labute approximate surface area is 138 Å². The molecule has 0 radical (unpaired) electrons. The molecule has 1 atom stereocenters. The van der Waals surface area contributed by atoms with Crippen molar-refractivity contribution in [2.45, 2.75) is 39.5 Å². The summed E-state index contributed by atoms with van der Waals surface area (Å²) >= 11 is 0. The van der Waals surface area contributed by atoms with E-state index in [9.17, 15) is 9.59 Å². The van der Waals surface area contributed by atoms with Gasteiger partial charge in [0.05, 0.1) is 13.0 Å². The lowest BCUT2D eigenvalue weighted by Gasteiger charge is -2.33. The normalized spacial score (nSPS) is 18.0. The van der Waals surface area contributed by atoms with Crippen molar-refractivity contribution in [3.05, 3.63) is 18.7 Å². The first kappa shape index (κ1) is 17.5. The summed E-state index contributed by atoms with van der Waals surface area (Å²) in [6.07, 6.45) is 9.08. The first-order valence-corrected chi connectivity index (χ1v) is 8.68. The number of rotatable bonds is 5. The molecule has 1 aliphatic heterocycles. The predicted octanol–water partition coefficient (Wildman–Crippen LogP) is 1.64. The van der Waals surface area contributed by atoms with E-state index in [1.165, 1.54) is 0 Å². The van der Waals surface area contributed by atoms with Gasteiger partial charge in [-0.05, 0) is 25.7 Å². The zero-order chi connectivity index (χ0) is 16.8. The van der Waals surface area contributed by atoms with Gasteiger partial charge in [0, 0.05) is 26.2 Å². The van der Waals surface area contributed by atoms with Crippen LogP contribution in [0, 0.1) is 5.92 Å². The van der Waals surface area contributed by atoms with E-state index in [-0.39, 0.29) is 17.9 Å². The van der Waals surface area contributed by atoms with Crippen LogP contribution in [0.3, 0.4) is 0 Å². The second-order valence-electron chi connectivity index (χ2n) is 6.38. The Morgan fingerprint density at radius 2 is 1.96 bits per heavy atom. The van der Waals surface area contributed by atoms with E-state index in [2.05, 4.69) is 13.8 Å². The average molecular weight is 321 g/mol. The molecule has 2 heterocycles. The van der Waals surface area contributed by atoms with Crippen LogP contribution in [0.1, 0.15) is 39.5 Å². The van der Waals surface area contributed by atoms with Crippen molar-refractivity contribution in [2.75, 3.05) is 26.2 Å². The van der Waals surface area contributed by atoms with Crippen molar-refractivity contribution in [2.24, 2.45) is 13.0 Å². The minimum atomic E-state index is -0.0601. The van der Waals surface area contributed by atoms with Gasteiger partial charge < -0.3 is 9.80 Å². The smallest absolute Gasteiger partial charge is 0.342 e. The predicted molar refractivity (Wildman–Crippen MR) is 87.9 cm³/mol. The van der Waals surface area contributed by atoms with Gasteiger partial charge in [-0.15, -0.1) is 0 Å². The number of aryl methyl sites for hydroxylation is 1. The Morgan fingerprint density at radius 3 is 2.52 bits per heavy atom. The zero-order valence-corrected chi connectivity index (χ0v) is 14.6. The zero-order valence-electron chi connectivity index (χ0n) is 14.6. The topological polar surface area (TPSA) is 49.4 Å². The summed E-state index contributed by atoms with van der Waals surface area (Å²) in [7, 11) is 1.89. The molecule has 23 heavy (non-hydrogen) atoms. The summed E-state index contributed by atoms with van der Waals surface area (Å²) < 4.78 is 3.43. The highest BCUT2D eigenvalue weighted by Crippen LogP contribution is 2.20. The number of likely N-dealkylation sites (tertiary alicyclic amines) is 1. The Kier molecular flexibility index (Phi) is 6.19. The van der Waals surface area contributed by atoms with Crippen LogP contribution < -0.4 is 4.57 Å². The molecule has 1 aromatic rings. The van der Waals surface area contributed by atoms with Gasteiger partial charge in [-0.1, -0.05) is 13.8 Å². The van der Waals surface area contributed by atoms with E-state index in [1.54, 1.807) is 17.1 Å². The lowest BCUT2D eigenvalue weighted by molar-refractivity contribution is -0.670. The molecular weight excluding hydrogens is 292 g/mol. The first-order chi connectivity index (χ1) is 11.1. The number of hydrogen-bond donors (Lipinski definition) is 0. The number of amides is 2. The highest BCUT2D eigenvalue weighted by molar-refractivity contribution is 5.81. The Morgan fingerprint density at radius 1 is 1.26 bits per heavy atom. The largest absolute Gasteiger partial charge is 0.415 e. The second kappa shape index (κ2) is 8.13. The van der Waals surface area contributed by atoms with Crippen LogP contribution in [-0.4, -0.2) is 52.5 Å². The second-order valence-corrected chi connectivity index (χ2v) is 6.38. The molecule has 0 aromatic carbocycles. The van der Waals surface area contributed by atoms with Crippen molar-refractivity contribution in [1.29, 1.82) is 0 Å². The molecule has 128 valence electrons. The maximum atomic E-state index is 12.8. The summed E-state index contributed by atoms with van der Waals surface area (Å²) in [6.45, 7) is 7.07. The molecule has 6 heteroatoms. The standard InChI is InChI=1S/C17H29N4O2/c1-4-8-19(9-5-2)16(22)15-7-6-10-20(13-15)17(23)21-12-11-18(3)14-21/h11-12,14-15H,4-10,13H2,1-3H3/q+1/t15-/m1/s1. The van der Waals surface area contributed by atoms with Crippen LogP contribution >= 0.6 is 0 Å². The van der Waals surface area contributed by atoms with Gasteiger partial charge in [-0.3, -0.25) is 4.79 Å². The summed E-state index contributed by atoms with van der Waals surface area (Å²) in [5.41, 5.74) is 0. The lowest BCUT2D eigenvalue weighted by Crippen LogP contribution is -2.48. The lowest BCUT2D eigenvalue weighted by atomic mass is 9.96. The summed E-state index contributed by atoms with van der Waals surface area (Å²) in [4.78, 5) is 29.1. The van der Waals surface area contributed by atoms with Crippen molar-refractivity contribution in [3.63, 3.8) is 0 Å². The van der Waals surface area contributed by atoms with E-state index >= 15 is 0 Å². The van der Waals surface area contributed by atoms with Crippen LogP contribution in [0.15, 0.2) is 18.7 Å². The van der Waals surface area contributed by atoms with Gasteiger partial charge in [0.2, 0.25) is 5.91 Å². The molecule has 1 aromatic heterocycles. The molecule has 1 fully saturated rings. The van der Waals surface area contributed by atoms with Gasteiger partial charge in [-0.2, -0.15) is 4.57 Å². The molecule has 2 amide bonds. The van der Waals surface area contributed by atoms with Gasteiger partial charge in [0.25, 0.3) is 6.33 Å². The fraction of sp³-hybridized carbons (Fsp3) is 0.706. The number of nitrogens with zero attached hydrogens (tertiary/aromatic N) is 4. The van der Waals surface area contributed by atoms with E-state index in [4.69, 9.17) is 0 Å². The molecule has 6 nitrogen and oxygen atoms in total. The number of hydrogen-bond acceptors (Lipinski definition) is 2. The fourth-order valence-corrected chi connectivity index (χ4v) is 3.21. The summed E-state index contributed by atoms with van der Waals surface area (Å²) in [5.74, 6) is 0.152. The maximum absolute atomic E-state index is 12.8. The summed E-state index contributed by atoms with van der Waals surface area (Å²) in [6, 6.07) is -0.0411. The van der Waals surface area contributed by atoms with E-state index in [0.29, 0.717) is 6.54 Å². The van der Waals surface area contributed by atoms with Crippen molar-refractivity contribution < 1.29 is 14.2 Å². The SMILES string of the molecule is CCCN(CCC)C(=O)[C@@H]1CCCN(C(=O)n2cc[n+](C)c2)C1. The van der Waals surface area contributed by atoms with Crippen molar-refractivity contribution in [3.8, 4) is 0 Å². The fourth-order valence-electron chi connectivity index (χ4n) is 3.21. The Hall–Kier alpha value is -1.85. The minimum absolute atomic E-state index is 0.0411. The van der Waals surface area contributed by atoms with Crippen LogP contribution in [-0.2, 0) is 11.8 Å². The molecule has 0 bridgehead atoms. The van der Waals surface area contributed by atoms with Crippen molar-refractivity contribution >= 4 is 11.9 Å². The minimum Gasteiger partial charge on any atom is -0.342 e. The van der Waals surface area contributed by atoms with Gasteiger partial charge in [-0.25, -0.2) is 9.36 Å². The number of piperidine rings is 1. The quantitative estimate of drug-likeness (QED) is 0.774. The van der Waals surface area contributed by atoms with E-state index in [0.717, 1.165) is 45.3 Å². The summed E-state index contributed by atoms with van der Waals surface area (Å²) in [5, 5.41) is 0. The maximum Gasteiger partial charge on any atom is 0.415 e. The van der Waals surface area contributed by atoms with E-state index < -0.39 is 0 Å². The molecule has 0 saturated carbocycles. The molecule has 1 saturated heterocycles.